The van der Waals surface area contributed by atoms with Crippen LogP contribution in [-0.2, 0) is 13.1 Å². The van der Waals surface area contributed by atoms with Crippen molar-refractivity contribution in [3.63, 3.8) is 0 Å². The molecule has 15 heavy (non-hydrogen) atoms. The summed E-state index contributed by atoms with van der Waals surface area (Å²) in [7, 11) is 1.94. The zero-order valence-corrected chi connectivity index (χ0v) is 9.71. The van der Waals surface area contributed by atoms with Crippen LogP contribution in [0.25, 0.3) is 0 Å². The maximum Gasteiger partial charge on any atom is 0.0794 e. The van der Waals surface area contributed by atoms with Gasteiger partial charge in [-0.15, -0.1) is 11.3 Å². The number of hydrogen-bond donors (Lipinski definition) is 1. The predicted octanol–water partition coefficient (Wildman–Crippen LogP) is 1.42. The summed E-state index contributed by atoms with van der Waals surface area (Å²) in [5.41, 5.74) is 4.32. The lowest BCUT2D eigenvalue weighted by molar-refractivity contribution is 0.668. The first-order valence-corrected chi connectivity index (χ1v) is 5.72. The number of hydrogen-bond acceptors (Lipinski definition) is 4. The van der Waals surface area contributed by atoms with Crippen LogP contribution >= 0.6 is 11.3 Å². The number of nitrogens with one attached hydrogen (secondary N) is 1. The molecule has 0 bridgehead atoms. The van der Waals surface area contributed by atoms with E-state index in [0.29, 0.717) is 0 Å². The van der Waals surface area contributed by atoms with E-state index in [-0.39, 0.29) is 0 Å². The monoisotopic (exact) mass is 222 g/mol. The molecule has 2 aromatic rings. The first kappa shape index (κ1) is 10.3. The Labute approximate surface area is 93.0 Å². The molecule has 0 radical (unpaired) electrons. The molecule has 1 N–H and O–H groups in total. The van der Waals surface area contributed by atoms with Gasteiger partial charge in [0.05, 0.1) is 18.3 Å². The fourth-order valence-electron chi connectivity index (χ4n) is 1.48. The zero-order chi connectivity index (χ0) is 10.7. The molecule has 0 fully saturated rings. The maximum atomic E-state index is 4.36. The Morgan fingerprint density at radius 3 is 3.00 bits per heavy atom. The van der Waals surface area contributed by atoms with Crippen LogP contribution in [0.15, 0.2) is 17.9 Å². The molecule has 0 aliphatic heterocycles. The standard InChI is InChI=1S/C10H14N4S/c1-8-9(3-11-2)4-13-14(8)6-10-5-12-7-15-10/h4-5,7,11H,3,6H2,1-2H3. The average molecular weight is 222 g/mol. The Bertz CT molecular complexity index is 419. The Kier molecular flexibility index (Phi) is 3.13. The molecule has 0 unspecified atom stereocenters. The molecule has 0 spiro atoms. The van der Waals surface area contributed by atoms with Crippen LogP contribution in [0.5, 0.6) is 0 Å². The van der Waals surface area contributed by atoms with Crippen molar-refractivity contribution in [2.24, 2.45) is 0 Å². The third-order valence-electron chi connectivity index (χ3n) is 2.36. The molecule has 0 aliphatic carbocycles. The minimum Gasteiger partial charge on any atom is -0.316 e. The molecular weight excluding hydrogens is 208 g/mol. The van der Waals surface area contributed by atoms with Gasteiger partial charge in [-0.25, -0.2) is 0 Å². The van der Waals surface area contributed by atoms with Gasteiger partial charge < -0.3 is 5.32 Å². The van der Waals surface area contributed by atoms with Gasteiger partial charge in [0, 0.05) is 28.9 Å². The van der Waals surface area contributed by atoms with Crippen molar-refractivity contribution in [2.75, 3.05) is 7.05 Å². The minimum absolute atomic E-state index is 0.820. The van der Waals surface area contributed by atoms with E-state index in [2.05, 4.69) is 22.3 Å². The highest BCUT2D eigenvalue weighted by atomic mass is 32.1. The summed E-state index contributed by atoms with van der Waals surface area (Å²) >= 11 is 1.66. The highest BCUT2D eigenvalue weighted by molar-refractivity contribution is 7.09. The normalized spacial score (nSPS) is 10.8. The second-order valence-corrected chi connectivity index (χ2v) is 4.38. The van der Waals surface area contributed by atoms with E-state index in [1.54, 1.807) is 11.3 Å². The van der Waals surface area contributed by atoms with E-state index >= 15 is 0 Å². The molecule has 0 saturated carbocycles. The molecule has 4 nitrogen and oxygen atoms in total. The van der Waals surface area contributed by atoms with E-state index in [1.807, 2.05) is 29.6 Å². The number of thiazole rings is 1. The third-order valence-corrected chi connectivity index (χ3v) is 3.13. The van der Waals surface area contributed by atoms with Crippen LogP contribution in [0.2, 0.25) is 0 Å². The molecule has 0 saturated heterocycles. The number of aromatic nitrogens is 3. The number of nitrogens with zero attached hydrogens (tertiary/aromatic N) is 3. The topological polar surface area (TPSA) is 42.7 Å². The Morgan fingerprint density at radius 2 is 2.33 bits per heavy atom. The highest BCUT2D eigenvalue weighted by Gasteiger charge is 2.06. The lowest BCUT2D eigenvalue weighted by Crippen LogP contribution is -2.07. The molecule has 2 rings (SSSR count). The fourth-order valence-corrected chi connectivity index (χ4v) is 2.05. The highest BCUT2D eigenvalue weighted by Crippen LogP contribution is 2.12. The molecule has 0 aromatic carbocycles. The van der Waals surface area contributed by atoms with Gasteiger partial charge in [-0.1, -0.05) is 0 Å². The van der Waals surface area contributed by atoms with E-state index in [9.17, 15) is 0 Å². The molecule has 0 atom stereocenters. The van der Waals surface area contributed by atoms with Crippen molar-refractivity contribution in [3.05, 3.63) is 34.0 Å². The minimum atomic E-state index is 0.820. The van der Waals surface area contributed by atoms with Gasteiger partial charge in [-0.3, -0.25) is 9.67 Å². The van der Waals surface area contributed by atoms with Crippen LogP contribution in [0.4, 0.5) is 0 Å². The Hall–Kier alpha value is -1.20. The fraction of sp³-hybridized carbons (Fsp3) is 0.400. The van der Waals surface area contributed by atoms with E-state index in [0.717, 1.165) is 13.1 Å². The molecule has 2 aromatic heterocycles. The van der Waals surface area contributed by atoms with Crippen molar-refractivity contribution >= 4 is 11.3 Å². The summed E-state index contributed by atoms with van der Waals surface area (Å²) < 4.78 is 2.01. The van der Waals surface area contributed by atoms with E-state index in [1.165, 1.54) is 16.1 Å². The molecule has 5 heteroatoms. The van der Waals surface area contributed by atoms with Gasteiger partial charge in [-0.05, 0) is 14.0 Å². The zero-order valence-electron chi connectivity index (χ0n) is 8.90. The van der Waals surface area contributed by atoms with Crippen LogP contribution < -0.4 is 5.32 Å². The summed E-state index contributed by atoms with van der Waals surface area (Å²) in [6, 6.07) is 0. The van der Waals surface area contributed by atoms with Crippen LogP contribution in [-0.4, -0.2) is 21.8 Å². The SMILES string of the molecule is CNCc1cnn(Cc2cncs2)c1C. The quantitative estimate of drug-likeness (QED) is 0.850. The van der Waals surface area contributed by atoms with Gasteiger partial charge in [0.25, 0.3) is 0 Å². The molecule has 0 amide bonds. The molecule has 0 aliphatic rings. The van der Waals surface area contributed by atoms with Crippen molar-refractivity contribution < 1.29 is 0 Å². The van der Waals surface area contributed by atoms with Gasteiger partial charge in [-0.2, -0.15) is 5.10 Å². The van der Waals surface area contributed by atoms with Gasteiger partial charge in [0.2, 0.25) is 0 Å². The average Bonchev–Trinajstić information content (AvgIpc) is 2.83. The largest absolute Gasteiger partial charge is 0.316 e. The third kappa shape index (κ3) is 2.24. The van der Waals surface area contributed by atoms with Crippen LogP contribution in [0.1, 0.15) is 16.1 Å². The van der Waals surface area contributed by atoms with Crippen molar-refractivity contribution in [1.29, 1.82) is 0 Å². The lowest BCUT2D eigenvalue weighted by atomic mass is 10.2. The summed E-state index contributed by atoms with van der Waals surface area (Å²) in [6.07, 6.45) is 3.82. The van der Waals surface area contributed by atoms with Crippen molar-refractivity contribution in [1.82, 2.24) is 20.1 Å². The second kappa shape index (κ2) is 4.55. The first-order chi connectivity index (χ1) is 7.31. The van der Waals surface area contributed by atoms with Crippen LogP contribution in [0.3, 0.4) is 0 Å². The molecular formula is C10H14N4S. The second-order valence-electron chi connectivity index (χ2n) is 3.41. The van der Waals surface area contributed by atoms with E-state index < -0.39 is 0 Å². The maximum absolute atomic E-state index is 4.36. The Balaban J connectivity index is 2.15. The summed E-state index contributed by atoms with van der Waals surface area (Å²) in [4.78, 5) is 5.29. The summed E-state index contributed by atoms with van der Waals surface area (Å²) in [6.45, 7) is 3.79. The van der Waals surface area contributed by atoms with Gasteiger partial charge in [0.1, 0.15) is 0 Å². The summed E-state index contributed by atoms with van der Waals surface area (Å²) in [5, 5.41) is 7.50. The van der Waals surface area contributed by atoms with Crippen molar-refractivity contribution in [3.8, 4) is 0 Å². The van der Waals surface area contributed by atoms with Gasteiger partial charge >= 0.3 is 0 Å². The molecule has 2 heterocycles. The van der Waals surface area contributed by atoms with Crippen molar-refractivity contribution in [2.45, 2.75) is 20.0 Å². The lowest BCUT2D eigenvalue weighted by Gasteiger charge is -2.03. The molecule has 80 valence electrons. The first-order valence-electron chi connectivity index (χ1n) is 4.84. The number of rotatable bonds is 4. The predicted molar refractivity (Wildman–Crippen MR) is 60.9 cm³/mol. The summed E-state index contributed by atoms with van der Waals surface area (Å²) in [5.74, 6) is 0. The van der Waals surface area contributed by atoms with Gasteiger partial charge in [0.15, 0.2) is 0 Å². The Morgan fingerprint density at radius 1 is 1.47 bits per heavy atom. The van der Waals surface area contributed by atoms with E-state index in [4.69, 9.17) is 0 Å². The van der Waals surface area contributed by atoms with Crippen LogP contribution in [0, 0.1) is 6.92 Å². The smallest absolute Gasteiger partial charge is 0.0794 e.